The van der Waals surface area contributed by atoms with Crippen LogP contribution in [0.1, 0.15) is 15.9 Å². The summed E-state index contributed by atoms with van der Waals surface area (Å²) in [4.78, 5) is 11.8. The largest absolute Gasteiger partial charge is 0.343 e. The standard InChI is InChI=1S/C16H14BrN3O/c17-13-5-6-15-11(9-13)7-8-20(15)10-12-3-1-2-4-14(12)16(21)19-18/h1-9H,10,18H2,(H,19,21). The molecule has 0 saturated heterocycles. The van der Waals surface area contributed by atoms with Crippen molar-refractivity contribution in [3.8, 4) is 0 Å². The third-order valence-electron chi connectivity index (χ3n) is 3.47. The smallest absolute Gasteiger partial charge is 0.265 e. The Bertz CT molecular complexity index is 810. The number of nitrogens with one attached hydrogen (secondary N) is 1. The summed E-state index contributed by atoms with van der Waals surface area (Å²) in [5, 5.41) is 1.16. The van der Waals surface area contributed by atoms with Crippen LogP contribution in [0.3, 0.4) is 0 Å². The number of nitrogen functional groups attached to an aromatic ring is 1. The first-order valence-electron chi connectivity index (χ1n) is 6.52. The van der Waals surface area contributed by atoms with Crippen molar-refractivity contribution in [1.29, 1.82) is 0 Å². The van der Waals surface area contributed by atoms with E-state index in [4.69, 9.17) is 5.84 Å². The molecule has 1 heterocycles. The highest BCUT2D eigenvalue weighted by Gasteiger charge is 2.10. The Balaban J connectivity index is 2.01. The minimum atomic E-state index is -0.273. The molecule has 106 valence electrons. The molecule has 0 aliphatic rings. The maximum atomic E-state index is 11.8. The molecule has 3 rings (SSSR count). The average molecular weight is 344 g/mol. The van der Waals surface area contributed by atoms with Gasteiger partial charge in [0.25, 0.3) is 5.91 Å². The van der Waals surface area contributed by atoms with Crippen LogP contribution in [0.15, 0.2) is 59.2 Å². The van der Waals surface area contributed by atoms with Gasteiger partial charge in [-0.25, -0.2) is 5.84 Å². The van der Waals surface area contributed by atoms with E-state index in [1.165, 1.54) is 0 Å². The summed E-state index contributed by atoms with van der Waals surface area (Å²) in [6, 6.07) is 15.7. The van der Waals surface area contributed by atoms with Crippen LogP contribution in [0.5, 0.6) is 0 Å². The number of nitrogens with zero attached hydrogens (tertiary/aromatic N) is 1. The van der Waals surface area contributed by atoms with E-state index < -0.39 is 0 Å². The lowest BCUT2D eigenvalue weighted by molar-refractivity contribution is 0.0952. The molecule has 21 heavy (non-hydrogen) atoms. The summed E-state index contributed by atoms with van der Waals surface area (Å²) in [6.07, 6.45) is 2.02. The molecule has 0 unspecified atom stereocenters. The van der Waals surface area contributed by atoms with Crippen LogP contribution in [0.2, 0.25) is 0 Å². The number of aromatic nitrogens is 1. The van der Waals surface area contributed by atoms with Crippen molar-refractivity contribution in [2.45, 2.75) is 6.54 Å². The molecule has 2 aromatic carbocycles. The van der Waals surface area contributed by atoms with Gasteiger partial charge < -0.3 is 4.57 Å². The zero-order chi connectivity index (χ0) is 14.8. The van der Waals surface area contributed by atoms with E-state index in [0.29, 0.717) is 12.1 Å². The van der Waals surface area contributed by atoms with E-state index in [1.54, 1.807) is 6.07 Å². The molecule has 0 aliphatic heterocycles. The maximum absolute atomic E-state index is 11.8. The number of amides is 1. The summed E-state index contributed by atoms with van der Waals surface area (Å²) >= 11 is 3.47. The lowest BCUT2D eigenvalue weighted by atomic mass is 10.1. The second kappa shape index (κ2) is 5.71. The molecule has 0 radical (unpaired) electrons. The lowest BCUT2D eigenvalue weighted by Crippen LogP contribution is -2.31. The third kappa shape index (κ3) is 2.70. The van der Waals surface area contributed by atoms with Gasteiger partial charge in [-0.3, -0.25) is 10.2 Å². The molecule has 0 spiro atoms. The molecule has 0 bridgehead atoms. The first-order chi connectivity index (χ1) is 10.2. The highest BCUT2D eigenvalue weighted by molar-refractivity contribution is 9.10. The third-order valence-corrected chi connectivity index (χ3v) is 3.96. The average Bonchev–Trinajstić information content (AvgIpc) is 2.89. The van der Waals surface area contributed by atoms with Crippen LogP contribution in [-0.4, -0.2) is 10.5 Å². The summed E-state index contributed by atoms with van der Waals surface area (Å²) in [5.41, 5.74) is 4.85. The normalized spacial score (nSPS) is 10.8. The topological polar surface area (TPSA) is 60.0 Å². The Kier molecular flexibility index (Phi) is 3.77. The number of nitrogens with two attached hydrogens (primary N) is 1. The zero-order valence-corrected chi connectivity index (χ0v) is 12.8. The minimum absolute atomic E-state index is 0.273. The summed E-state index contributed by atoms with van der Waals surface area (Å²) in [6.45, 7) is 0.620. The zero-order valence-electron chi connectivity index (χ0n) is 11.2. The summed E-state index contributed by atoms with van der Waals surface area (Å²) in [7, 11) is 0. The van der Waals surface area contributed by atoms with Crippen LogP contribution in [0, 0.1) is 0 Å². The highest BCUT2D eigenvalue weighted by atomic mass is 79.9. The second-order valence-corrected chi connectivity index (χ2v) is 5.69. The van der Waals surface area contributed by atoms with Crippen molar-refractivity contribution in [2.24, 2.45) is 5.84 Å². The van der Waals surface area contributed by atoms with Crippen LogP contribution >= 0.6 is 15.9 Å². The predicted octanol–water partition coefficient (Wildman–Crippen LogP) is 3.06. The van der Waals surface area contributed by atoms with Gasteiger partial charge in [-0.2, -0.15) is 0 Å². The second-order valence-electron chi connectivity index (χ2n) is 4.78. The Morgan fingerprint density at radius 3 is 2.81 bits per heavy atom. The van der Waals surface area contributed by atoms with E-state index >= 15 is 0 Å². The molecular formula is C16H14BrN3O. The Morgan fingerprint density at radius 1 is 1.19 bits per heavy atom. The Morgan fingerprint density at radius 2 is 2.00 bits per heavy atom. The Hall–Kier alpha value is -2.11. The number of hydrogen-bond donors (Lipinski definition) is 2. The highest BCUT2D eigenvalue weighted by Crippen LogP contribution is 2.22. The van der Waals surface area contributed by atoms with Gasteiger partial charge in [-0.15, -0.1) is 0 Å². The fourth-order valence-corrected chi connectivity index (χ4v) is 2.83. The number of benzene rings is 2. The fraction of sp³-hybridized carbons (Fsp3) is 0.0625. The monoisotopic (exact) mass is 343 g/mol. The number of fused-ring (bicyclic) bond motifs is 1. The lowest BCUT2D eigenvalue weighted by Gasteiger charge is -2.10. The number of hydrazine groups is 1. The quantitative estimate of drug-likeness (QED) is 0.436. The molecule has 0 atom stereocenters. The molecule has 1 amide bonds. The van der Waals surface area contributed by atoms with Crippen LogP contribution in [-0.2, 0) is 6.54 Å². The van der Waals surface area contributed by atoms with Crippen molar-refractivity contribution in [3.05, 3.63) is 70.3 Å². The number of rotatable bonds is 3. The minimum Gasteiger partial charge on any atom is -0.343 e. The van der Waals surface area contributed by atoms with Crippen molar-refractivity contribution in [1.82, 2.24) is 9.99 Å². The van der Waals surface area contributed by atoms with Crippen molar-refractivity contribution in [2.75, 3.05) is 0 Å². The first-order valence-corrected chi connectivity index (χ1v) is 7.31. The van der Waals surface area contributed by atoms with Gasteiger partial charge in [0.05, 0.1) is 0 Å². The van der Waals surface area contributed by atoms with E-state index in [0.717, 1.165) is 20.9 Å². The number of carbonyl (C=O) groups excluding carboxylic acids is 1. The molecule has 1 aromatic heterocycles. The van der Waals surface area contributed by atoms with Crippen LogP contribution in [0.4, 0.5) is 0 Å². The van der Waals surface area contributed by atoms with Gasteiger partial charge in [0.15, 0.2) is 0 Å². The van der Waals surface area contributed by atoms with Crippen molar-refractivity contribution >= 4 is 32.7 Å². The molecule has 0 saturated carbocycles. The van der Waals surface area contributed by atoms with Gasteiger partial charge >= 0.3 is 0 Å². The SMILES string of the molecule is NNC(=O)c1ccccc1Cn1ccc2cc(Br)ccc21. The molecule has 5 heteroatoms. The first kappa shape index (κ1) is 13.9. The number of carbonyl (C=O) groups is 1. The van der Waals surface area contributed by atoms with Gasteiger partial charge in [0, 0.05) is 33.7 Å². The molecule has 3 N–H and O–H groups in total. The maximum Gasteiger partial charge on any atom is 0.265 e. The van der Waals surface area contributed by atoms with Gasteiger partial charge in [-0.1, -0.05) is 34.1 Å². The van der Waals surface area contributed by atoms with E-state index in [1.807, 2.05) is 30.5 Å². The van der Waals surface area contributed by atoms with E-state index in [-0.39, 0.29) is 5.91 Å². The molecule has 4 nitrogen and oxygen atoms in total. The Labute approximate surface area is 130 Å². The van der Waals surface area contributed by atoms with Crippen molar-refractivity contribution in [3.63, 3.8) is 0 Å². The van der Waals surface area contributed by atoms with E-state index in [9.17, 15) is 4.79 Å². The summed E-state index contributed by atoms with van der Waals surface area (Å²) < 4.78 is 3.17. The van der Waals surface area contributed by atoms with Gasteiger partial charge in [0.1, 0.15) is 0 Å². The number of hydrogen-bond acceptors (Lipinski definition) is 2. The molecule has 0 fully saturated rings. The van der Waals surface area contributed by atoms with Crippen LogP contribution < -0.4 is 11.3 Å². The van der Waals surface area contributed by atoms with Gasteiger partial charge in [0.2, 0.25) is 0 Å². The molecular weight excluding hydrogens is 330 g/mol. The van der Waals surface area contributed by atoms with Crippen molar-refractivity contribution < 1.29 is 4.79 Å². The van der Waals surface area contributed by atoms with Gasteiger partial charge in [-0.05, 0) is 35.9 Å². The molecule has 0 aliphatic carbocycles. The van der Waals surface area contributed by atoms with E-state index in [2.05, 4.69) is 44.1 Å². The predicted molar refractivity (Wildman–Crippen MR) is 86.8 cm³/mol. The fourth-order valence-electron chi connectivity index (χ4n) is 2.45. The van der Waals surface area contributed by atoms with Crippen LogP contribution in [0.25, 0.3) is 10.9 Å². The number of halogens is 1. The molecule has 3 aromatic rings. The summed E-state index contributed by atoms with van der Waals surface area (Å²) in [5.74, 6) is 4.97.